The Morgan fingerprint density at radius 3 is 2.56 bits per heavy atom. The first-order valence-electron chi connectivity index (χ1n) is 11.7. The van der Waals surface area contributed by atoms with Crippen LogP contribution in [0.3, 0.4) is 0 Å². The molecule has 2 fully saturated rings. The van der Waals surface area contributed by atoms with E-state index in [1.165, 1.54) is 23.8 Å². The van der Waals surface area contributed by atoms with Crippen molar-refractivity contribution in [2.45, 2.75) is 64.2 Å². The molecule has 13 heteroatoms. The van der Waals surface area contributed by atoms with Gasteiger partial charge in [0.15, 0.2) is 0 Å². The van der Waals surface area contributed by atoms with Crippen LogP contribution in [0.25, 0.3) is 0 Å². The number of esters is 1. The molecule has 196 valence electrons. The van der Waals surface area contributed by atoms with Crippen molar-refractivity contribution in [3.8, 4) is 5.75 Å². The fraction of sp³-hybridized carbons (Fsp3) is 0.522. The van der Waals surface area contributed by atoms with Gasteiger partial charge in [0, 0.05) is 17.7 Å². The van der Waals surface area contributed by atoms with Crippen LogP contribution in [0.5, 0.6) is 5.75 Å². The molecule has 1 aliphatic carbocycles. The van der Waals surface area contributed by atoms with Crippen LogP contribution in [-0.2, 0) is 23.4 Å². The quantitative estimate of drug-likeness (QED) is 0.309. The summed E-state index contributed by atoms with van der Waals surface area (Å²) in [4.78, 5) is 38.3. The second kappa shape index (κ2) is 10.3. The molecule has 1 spiro atoms. The monoisotopic (exact) mass is 523 g/mol. The summed E-state index contributed by atoms with van der Waals surface area (Å²) in [5.41, 5.74) is -1.94. The van der Waals surface area contributed by atoms with Crippen LogP contribution in [0.4, 0.5) is 0 Å². The topological polar surface area (TPSA) is 158 Å². The molecule has 1 saturated carbocycles. The van der Waals surface area contributed by atoms with Gasteiger partial charge in [-0.15, -0.1) is 0 Å². The van der Waals surface area contributed by atoms with Gasteiger partial charge in [-0.1, -0.05) is 18.2 Å². The van der Waals surface area contributed by atoms with E-state index in [9.17, 15) is 24.1 Å². The molecular formula is C23H30N3O9P. The van der Waals surface area contributed by atoms with Gasteiger partial charge in [0.05, 0.1) is 18.8 Å². The van der Waals surface area contributed by atoms with E-state index in [4.69, 9.17) is 18.5 Å². The number of H-pyrrole nitrogens is 1. The zero-order chi connectivity index (χ0) is 26.1. The van der Waals surface area contributed by atoms with Crippen LogP contribution in [0.15, 0.2) is 52.2 Å². The van der Waals surface area contributed by atoms with Crippen LogP contribution in [0.2, 0.25) is 0 Å². The molecule has 2 aliphatic rings. The number of carbonyl (C=O) groups is 1. The molecule has 5 atom stereocenters. The van der Waals surface area contributed by atoms with Gasteiger partial charge in [-0.3, -0.25) is 23.7 Å². The molecule has 4 rings (SSSR count). The largest absolute Gasteiger partial charge is 0.462 e. The highest BCUT2D eigenvalue weighted by Gasteiger charge is 2.64. The molecule has 2 aromatic rings. The van der Waals surface area contributed by atoms with Gasteiger partial charge in [0.25, 0.3) is 5.56 Å². The van der Waals surface area contributed by atoms with E-state index in [-0.39, 0.29) is 18.5 Å². The lowest BCUT2D eigenvalue weighted by atomic mass is 9.96. The molecule has 1 saturated heterocycles. The zero-order valence-corrected chi connectivity index (χ0v) is 21.1. The van der Waals surface area contributed by atoms with Gasteiger partial charge in [0.2, 0.25) is 0 Å². The molecular weight excluding hydrogens is 493 g/mol. The number of nitrogens with one attached hydrogen (secondary N) is 2. The molecule has 2 heterocycles. The minimum Gasteiger partial charge on any atom is -0.462 e. The first-order valence-corrected chi connectivity index (χ1v) is 13.2. The first-order chi connectivity index (χ1) is 17.0. The Labute approximate surface area is 207 Å². The van der Waals surface area contributed by atoms with Crippen molar-refractivity contribution >= 4 is 13.7 Å². The van der Waals surface area contributed by atoms with Crippen molar-refractivity contribution < 1.29 is 33.0 Å². The van der Waals surface area contributed by atoms with E-state index in [1.54, 1.807) is 44.2 Å². The van der Waals surface area contributed by atoms with E-state index in [0.29, 0.717) is 12.8 Å². The standard InChI is InChI=1S/C23H30N3O9P/c1-14(2)33-20(29)15(3)25-36(31,35-16-7-5-4-6-8-16)32-13-17-19(28)23(10-11-23)21(34-17)26-12-9-18(27)24-22(26)30/h4-9,12,14-15,17,19,21,28H,10-11,13H2,1-3H3,(H,25,31)(H,24,27,30). The Hall–Kier alpha value is -2.76. The Morgan fingerprint density at radius 2 is 1.94 bits per heavy atom. The second-order valence-electron chi connectivity index (χ2n) is 9.26. The van der Waals surface area contributed by atoms with Crippen LogP contribution >= 0.6 is 7.75 Å². The Balaban J connectivity index is 1.51. The van der Waals surface area contributed by atoms with E-state index >= 15 is 0 Å². The fourth-order valence-corrected chi connectivity index (χ4v) is 5.67. The molecule has 3 N–H and O–H groups in total. The Bertz CT molecular complexity index is 1240. The molecule has 1 aromatic carbocycles. The van der Waals surface area contributed by atoms with Crippen molar-refractivity contribution in [2.75, 3.05) is 6.61 Å². The van der Waals surface area contributed by atoms with Gasteiger partial charge in [-0.25, -0.2) is 9.36 Å². The number of nitrogens with zero attached hydrogens (tertiary/aromatic N) is 1. The lowest BCUT2D eigenvalue weighted by molar-refractivity contribution is -0.149. The van der Waals surface area contributed by atoms with Crippen molar-refractivity contribution in [1.82, 2.24) is 14.6 Å². The number of ether oxygens (including phenoxy) is 2. The van der Waals surface area contributed by atoms with Gasteiger partial charge in [0.1, 0.15) is 24.1 Å². The van der Waals surface area contributed by atoms with Gasteiger partial charge in [-0.2, -0.15) is 5.09 Å². The smallest absolute Gasteiger partial charge is 0.459 e. The second-order valence-corrected chi connectivity index (χ2v) is 11.0. The summed E-state index contributed by atoms with van der Waals surface area (Å²) in [6.45, 7) is 4.49. The minimum atomic E-state index is -4.16. The fourth-order valence-electron chi connectivity index (χ4n) is 4.17. The lowest BCUT2D eigenvalue weighted by Crippen LogP contribution is -2.37. The third kappa shape index (κ3) is 5.63. The predicted molar refractivity (Wildman–Crippen MR) is 127 cm³/mol. The molecule has 12 nitrogen and oxygen atoms in total. The predicted octanol–water partition coefficient (Wildman–Crippen LogP) is 1.71. The summed E-state index contributed by atoms with van der Waals surface area (Å²) in [6.07, 6.45) is -0.701. The summed E-state index contributed by atoms with van der Waals surface area (Å²) < 4.78 is 37.3. The normalized spacial score (nSPS) is 24.9. The zero-order valence-electron chi connectivity index (χ0n) is 20.2. The number of para-hydroxylation sites is 1. The summed E-state index contributed by atoms with van der Waals surface area (Å²) >= 11 is 0. The van der Waals surface area contributed by atoms with Crippen molar-refractivity contribution in [3.63, 3.8) is 0 Å². The number of aliphatic hydroxyl groups excluding tert-OH is 1. The average molecular weight is 523 g/mol. The molecule has 0 amide bonds. The van der Waals surface area contributed by atoms with E-state index in [2.05, 4.69) is 10.1 Å². The summed E-state index contributed by atoms with van der Waals surface area (Å²) in [6, 6.07) is 8.44. The third-order valence-corrected chi connectivity index (χ3v) is 7.75. The maximum atomic E-state index is 13.7. The van der Waals surface area contributed by atoms with Crippen LogP contribution < -0.4 is 20.9 Å². The van der Waals surface area contributed by atoms with Gasteiger partial charge < -0.3 is 19.1 Å². The van der Waals surface area contributed by atoms with Crippen LogP contribution in [-0.4, -0.2) is 51.6 Å². The molecule has 5 unspecified atom stereocenters. The minimum absolute atomic E-state index is 0.238. The highest BCUT2D eigenvalue weighted by molar-refractivity contribution is 7.52. The highest BCUT2D eigenvalue weighted by Crippen LogP contribution is 2.62. The van der Waals surface area contributed by atoms with E-state index in [0.717, 1.165) is 0 Å². The Morgan fingerprint density at radius 1 is 1.25 bits per heavy atom. The van der Waals surface area contributed by atoms with E-state index in [1.807, 2.05) is 0 Å². The lowest BCUT2D eigenvalue weighted by Gasteiger charge is -2.25. The maximum absolute atomic E-state index is 13.7. The van der Waals surface area contributed by atoms with Gasteiger partial charge in [-0.05, 0) is 45.7 Å². The number of aromatic nitrogens is 2. The third-order valence-electron chi connectivity index (χ3n) is 6.10. The molecule has 1 aromatic heterocycles. The highest BCUT2D eigenvalue weighted by atomic mass is 31.2. The summed E-state index contributed by atoms with van der Waals surface area (Å²) in [5.74, 6) is -0.404. The van der Waals surface area contributed by atoms with Crippen molar-refractivity contribution in [2.24, 2.45) is 5.41 Å². The number of aliphatic hydroxyl groups is 1. The number of hydrogen-bond acceptors (Lipinski definition) is 9. The summed E-state index contributed by atoms with van der Waals surface area (Å²) in [5, 5.41) is 13.6. The van der Waals surface area contributed by atoms with Crippen molar-refractivity contribution in [1.29, 1.82) is 0 Å². The number of rotatable bonds is 10. The molecule has 36 heavy (non-hydrogen) atoms. The van der Waals surface area contributed by atoms with Gasteiger partial charge >= 0.3 is 19.4 Å². The first kappa shape index (κ1) is 26.3. The maximum Gasteiger partial charge on any atom is 0.459 e. The number of carbonyl (C=O) groups excluding carboxylic acids is 1. The molecule has 0 bridgehead atoms. The number of hydrogen-bond donors (Lipinski definition) is 3. The SMILES string of the molecule is CC(C)OC(=O)C(C)NP(=O)(OCC1OC(n2ccc(=O)[nH]c2=O)C2(CC2)C1O)Oc1ccccc1. The average Bonchev–Trinajstić information content (AvgIpc) is 3.56. The van der Waals surface area contributed by atoms with Crippen molar-refractivity contribution in [3.05, 3.63) is 63.4 Å². The Kier molecular flexibility index (Phi) is 7.53. The number of aromatic amines is 1. The molecule has 0 radical (unpaired) electrons. The van der Waals surface area contributed by atoms with Crippen LogP contribution in [0.1, 0.15) is 39.8 Å². The summed E-state index contributed by atoms with van der Waals surface area (Å²) in [7, 11) is -4.16. The number of benzene rings is 1. The van der Waals surface area contributed by atoms with Crippen LogP contribution in [0, 0.1) is 5.41 Å². The van der Waals surface area contributed by atoms with E-state index < -0.39 is 54.9 Å². The molecule has 1 aliphatic heterocycles.